The number of aliphatic hydroxyl groups excluding tert-OH is 1. The molecule has 32 heavy (non-hydrogen) atoms. The Kier molecular flexibility index (Phi) is 12.9. The first kappa shape index (κ1) is 29.1. The highest BCUT2D eigenvalue weighted by Crippen LogP contribution is 2.04. The number of primary amides is 1. The molecule has 0 aromatic carbocycles. The van der Waals surface area contributed by atoms with E-state index < -0.39 is 72.3 Å². The molecule has 0 aromatic heterocycles. The molecular weight excluding hydrogens is 450 g/mol. The molecule has 0 saturated carbocycles. The SMILES string of the molecule is CC(O)C(NC(=O)C(CCC(=O)O)NC(=O)C(N)CCC(N)=O)C(=O)NC(CS)C(=O)O. The number of aliphatic carboxylic acids is 2. The van der Waals surface area contributed by atoms with Crippen molar-refractivity contribution in [3.63, 3.8) is 0 Å². The van der Waals surface area contributed by atoms with Crippen molar-refractivity contribution in [1.29, 1.82) is 0 Å². The van der Waals surface area contributed by atoms with E-state index in [9.17, 15) is 33.9 Å². The molecule has 0 saturated heterocycles. The van der Waals surface area contributed by atoms with Crippen molar-refractivity contribution in [2.75, 3.05) is 5.75 Å². The van der Waals surface area contributed by atoms with Crippen molar-refractivity contribution >= 4 is 48.2 Å². The molecule has 5 atom stereocenters. The topological polar surface area (TPSA) is 251 Å². The molecule has 0 fully saturated rings. The van der Waals surface area contributed by atoms with Crippen LogP contribution in [-0.4, -0.2) is 86.9 Å². The van der Waals surface area contributed by atoms with Crippen molar-refractivity contribution in [2.45, 2.75) is 62.9 Å². The molecule has 0 spiro atoms. The van der Waals surface area contributed by atoms with E-state index >= 15 is 0 Å². The highest BCUT2D eigenvalue weighted by atomic mass is 32.1. The first-order valence-corrected chi connectivity index (χ1v) is 10.1. The number of amides is 4. The average molecular weight is 480 g/mol. The van der Waals surface area contributed by atoms with Crippen LogP contribution < -0.4 is 27.4 Å². The fourth-order valence-corrected chi connectivity index (χ4v) is 2.60. The van der Waals surface area contributed by atoms with Gasteiger partial charge in [0.05, 0.1) is 12.1 Å². The van der Waals surface area contributed by atoms with E-state index in [-0.39, 0.29) is 25.0 Å². The average Bonchev–Trinajstić information content (AvgIpc) is 2.69. The van der Waals surface area contributed by atoms with Crippen LogP contribution >= 0.6 is 12.6 Å². The second-order valence-electron chi connectivity index (χ2n) is 6.91. The summed E-state index contributed by atoms with van der Waals surface area (Å²) in [5.74, 6) is -6.52. The van der Waals surface area contributed by atoms with E-state index in [0.717, 1.165) is 6.92 Å². The van der Waals surface area contributed by atoms with Gasteiger partial charge in [0.1, 0.15) is 18.1 Å². The molecule has 14 nitrogen and oxygen atoms in total. The third-order valence-corrected chi connectivity index (χ3v) is 4.54. The molecule has 15 heteroatoms. The molecule has 0 heterocycles. The van der Waals surface area contributed by atoms with Gasteiger partial charge in [0, 0.05) is 18.6 Å². The monoisotopic (exact) mass is 479 g/mol. The van der Waals surface area contributed by atoms with E-state index in [1.165, 1.54) is 0 Å². The molecule has 0 aliphatic heterocycles. The van der Waals surface area contributed by atoms with Gasteiger partial charge in [0.2, 0.25) is 23.6 Å². The summed E-state index contributed by atoms with van der Waals surface area (Å²) in [6.07, 6.45) is -2.69. The van der Waals surface area contributed by atoms with Gasteiger partial charge >= 0.3 is 11.9 Å². The van der Waals surface area contributed by atoms with Crippen LogP contribution in [0, 0.1) is 0 Å². The lowest BCUT2D eigenvalue weighted by Crippen LogP contribution is -2.60. The standard InChI is InChI=1S/C17H29N5O9S/c1-7(23)13(16(29)21-10(6-32)17(30)31)22-15(28)9(3-5-12(25)26)20-14(27)8(18)2-4-11(19)24/h7-10,13,23,32H,2-6,18H2,1H3,(H2,19,24)(H,20,27)(H,21,29)(H,22,28)(H,25,26)(H,30,31). The van der Waals surface area contributed by atoms with Crippen LogP contribution in [0.4, 0.5) is 0 Å². The van der Waals surface area contributed by atoms with Gasteiger partial charge in [-0.05, 0) is 19.8 Å². The molecule has 0 aromatic rings. The van der Waals surface area contributed by atoms with Crippen molar-refractivity contribution in [3.8, 4) is 0 Å². The van der Waals surface area contributed by atoms with Gasteiger partial charge in [-0.2, -0.15) is 12.6 Å². The Labute approximate surface area is 188 Å². The van der Waals surface area contributed by atoms with Gasteiger partial charge < -0.3 is 42.7 Å². The molecular formula is C17H29N5O9S. The first-order valence-electron chi connectivity index (χ1n) is 9.48. The Bertz CT molecular complexity index is 719. The van der Waals surface area contributed by atoms with Crippen LogP contribution in [-0.2, 0) is 28.8 Å². The summed E-state index contributed by atoms with van der Waals surface area (Å²) in [5.41, 5.74) is 10.6. The molecule has 182 valence electrons. The number of hydrogen-bond acceptors (Lipinski definition) is 9. The number of carbonyl (C=O) groups is 6. The van der Waals surface area contributed by atoms with Gasteiger partial charge in [0.25, 0.3) is 0 Å². The number of carboxylic acid groups (broad SMARTS) is 2. The summed E-state index contributed by atoms with van der Waals surface area (Å²) < 4.78 is 0. The zero-order chi connectivity index (χ0) is 25.0. The normalized spacial score (nSPS) is 15.4. The molecule has 0 bridgehead atoms. The smallest absolute Gasteiger partial charge is 0.327 e. The summed E-state index contributed by atoms with van der Waals surface area (Å²) in [6, 6.07) is -5.68. The van der Waals surface area contributed by atoms with Gasteiger partial charge in [0.15, 0.2) is 0 Å². The van der Waals surface area contributed by atoms with E-state index in [1.54, 1.807) is 0 Å². The molecule has 0 aliphatic carbocycles. The van der Waals surface area contributed by atoms with Crippen LogP contribution in [0.2, 0.25) is 0 Å². The Morgan fingerprint density at radius 1 is 0.875 bits per heavy atom. The predicted octanol–water partition coefficient (Wildman–Crippen LogP) is -3.71. The van der Waals surface area contributed by atoms with Gasteiger partial charge in [-0.1, -0.05) is 0 Å². The number of carboxylic acids is 2. The van der Waals surface area contributed by atoms with E-state index in [4.69, 9.17) is 21.7 Å². The maximum Gasteiger partial charge on any atom is 0.327 e. The highest BCUT2D eigenvalue weighted by molar-refractivity contribution is 7.80. The highest BCUT2D eigenvalue weighted by Gasteiger charge is 2.32. The Morgan fingerprint density at radius 3 is 1.88 bits per heavy atom. The van der Waals surface area contributed by atoms with E-state index in [1.807, 2.05) is 0 Å². The number of nitrogens with two attached hydrogens (primary N) is 2. The second-order valence-corrected chi connectivity index (χ2v) is 7.28. The Morgan fingerprint density at radius 2 is 1.44 bits per heavy atom. The summed E-state index contributed by atoms with van der Waals surface area (Å²) in [6.45, 7) is 1.16. The lowest BCUT2D eigenvalue weighted by Gasteiger charge is -2.26. The minimum Gasteiger partial charge on any atom is -0.481 e. The fraction of sp³-hybridized carbons (Fsp3) is 0.647. The van der Waals surface area contributed by atoms with E-state index in [2.05, 4.69) is 28.6 Å². The second kappa shape index (κ2) is 14.2. The predicted molar refractivity (Wildman–Crippen MR) is 112 cm³/mol. The Balaban J connectivity index is 5.38. The number of aliphatic hydroxyl groups is 1. The maximum atomic E-state index is 12.6. The summed E-state index contributed by atoms with van der Waals surface area (Å²) >= 11 is 3.80. The zero-order valence-electron chi connectivity index (χ0n) is 17.3. The molecule has 0 radical (unpaired) electrons. The van der Waals surface area contributed by atoms with Crippen molar-refractivity contribution in [2.24, 2.45) is 11.5 Å². The summed E-state index contributed by atoms with van der Waals surface area (Å²) in [7, 11) is 0. The number of nitrogens with one attached hydrogen (secondary N) is 3. The fourth-order valence-electron chi connectivity index (χ4n) is 2.35. The molecule has 0 aliphatic rings. The van der Waals surface area contributed by atoms with Crippen LogP contribution in [0.25, 0.3) is 0 Å². The number of thiol groups is 1. The van der Waals surface area contributed by atoms with Crippen molar-refractivity contribution in [1.82, 2.24) is 16.0 Å². The molecule has 0 rings (SSSR count). The summed E-state index contributed by atoms with van der Waals surface area (Å²) in [4.78, 5) is 70.0. The molecule has 5 unspecified atom stereocenters. The van der Waals surface area contributed by atoms with Crippen LogP contribution in [0.15, 0.2) is 0 Å². The Hall–Kier alpha value is -2.91. The van der Waals surface area contributed by atoms with E-state index in [0.29, 0.717) is 0 Å². The minimum atomic E-state index is -1.61. The first-order chi connectivity index (χ1) is 14.8. The molecule has 10 N–H and O–H groups in total. The quantitative estimate of drug-likeness (QED) is 0.104. The van der Waals surface area contributed by atoms with Crippen molar-refractivity contribution < 1.29 is 44.1 Å². The number of rotatable bonds is 15. The number of carbonyl (C=O) groups excluding carboxylic acids is 4. The van der Waals surface area contributed by atoms with Crippen LogP contribution in [0.5, 0.6) is 0 Å². The largest absolute Gasteiger partial charge is 0.481 e. The number of hydrogen-bond donors (Lipinski definition) is 9. The van der Waals surface area contributed by atoms with Gasteiger partial charge in [-0.15, -0.1) is 0 Å². The lowest BCUT2D eigenvalue weighted by molar-refractivity contribution is -0.142. The van der Waals surface area contributed by atoms with Crippen LogP contribution in [0.3, 0.4) is 0 Å². The van der Waals surface area contributed by atoms with Gasteiger partial charge in [-0.3, -0.25) is 24.0 Å². The summed E-state index contributed by atoms with van der Waals surface area (Å²) in [5, 5.41) is 34.2. The maximum absolute atomic E-state index is 12.6. The van der Waals surface area contributed by atoms with Gasteiger partial charge in [-0.25, -0.2) is 4.79 Å². The van der Waals surface area contributed by atoms with Crippen LogP contribution in [0.1, 0.15) is 32.6 Å². The van der Waals surface area contributed by atoms with Crippen molar-refractivity contribution in [3.05, 3.63) is 0 Å². The third kappa shape index (κ3) is 10.9. The third-order valence-electron chi connectivity index (χ3n) is 4.18. The minimum absolute atomic E-state index is 0.118. The zero-order valence-corrected chi connectivity index (χ0v) is 18.2. The lowest BCUT2D eigenvalue weighted by atomic mass is 10.1. The molecule has 4 amide bonds.